The van der Waals surface area contributed by atoms with E-state index in [4.69, 9.17) is 4.74 Å². The van der Waals surface area contributed by atoms with Gasteiger partial charge in [-0.1, -0.05) is 26.8 Å². The van der Waals surface area contributed by atoms with Crippen molar-refractivity contribution in [2.45, 2.75) is 59.4 Å². The average molecular weight is 430 g/mol. The highest BCUT2D eigenvalue weighted by Crippen LogP contribution is 2.46. The van der Waals surface area contributed by atoms with Gasteiger partial charge in [0.2, 0.25) is 0 Å². The third-order valence-electron chi connectivity index (χ3n) is 5.78. The first-order valence-electron chi connectivity index (χ1n) is 10.6. The minimum Gasteiger partial charge on any atom is -0.454 e. The van der Waals surface area contributed by atoms with Gasteiger partial charge in [-0.25, -0.2) is 4.79 Å². The average Bonchev–Trinajstić information content (AvgIpc) is 2.80. The summed E-state index contributed by atoms with van der Waals surface area (Å²) in [7, 11) is 0. The summed E-state index contributed by atoms with van der Waals surface area (Å²) in [4.78, 5) is 50.8. The first-order valence-corrected chi connectivity index (χ1v) is 10.6. The Morgan fingerprint density at radius 1 is 1.16 bits per heavy atom. The lowest BCUT2D eigenvalue weighted by molar-refractivity contribution is -0.150. The number of anilines is 1. The van der Waals surface area contributed by atoms with E-state index in [0.717, 1.165) is 22.4 Å². The Labute approximate surface area is 182 Å². The van der Waals surface area contributed by atoms with Crippen LogP contribution in [0.4, 0.5) is 10.5 Å². The zero-order chi connectivity index (χ0) is 23.0. The van der Waals surface area contributed by atoms with E-state index in [1.807, 2.05) is 32.0 Å². The van der Waals surface area contributed by atoms with Crippen molar-refractivity contribution in [2.24, 2.45) is 11.3 Å². The fourth-order valence-electron chi connectivity index (χ4n) is 5.21. The van der Waals surface area contributed by atoms with E-state index < -0.39 is 42.5 Å². The van der Waals surface area contributed by atoms with E-state index in [-0.39, 0.29) is 11.3 Å². The first-order chi connectivity index (χ1) is 14.4. The molecular formula is C23H31N3O5. The summed E-state index contributed by atoms with van der Waals surface area (Å²) in [6.07, 6.45) is 2.04. The molecule has 0 unspecified atom stereocenters. The number of amides is 4. The van der Waals surface area contributed by atoms with Crippen LogP contribution >= 0.6 is 0 Å². The number of benzene rings is 1. The predicted molar refractivity (Wildman–Crippen MR) is 115 cm³/mol. The van der Waals surface area contributed by atoms with Crippen LogP contribution in [0.3, 0.4) is 0 Å². The van der Waals surface area contributed by atoms with Gasteiger partial charge < -0.3 is 15.4 Å². The van der Waals surface area contributed by atoms with Gasteiger partial charge in [0.15, 0.2) is 6.61 Å². The van der Waals surface area contributed by atoms with Gasteiger partial charge in [0.05, 0.1) is 0 Å². The van der Waals surface area contributed by atoms with Crippen LogP contribution in [0.15, 0.2) is 18.2 Å². The van der Waals surface area contributed by atoms with Crippen molar-refractivity contribution in [3.63, 3.8) is 0 Å². The fourth-order valence-corrected chi connectivity index (χ4v) is 5.21. The van der Waals surface area contributed by atoms with Gasteiger partial charge in [-0.15, -0.1) is 0 Å². The Morgan fingerprint density at radius 2 is 1.81 bits per heavy atom. The molecular weight excluding hydrogens is 398 g/mol. The minimum absolute atomic E-state index is 0.0939. The molecule has 1 heterocycles. The van der Waals surface area contributed by atoms with Crippen LogP contribution in [0.1, 0.15) is 51.2 Å². The molecule has 0 bridgehead atoms. The molecule has 1 aliphatic carbocycles. The van der Waals surface area contributed by atoms with Gasteiger partial charge in [0.25, 0.3) is 11.8 Å². The zero-order valence-corrected chi connectivity index (χ0v) is 18.8. The molecule has 31 heavy (non-hydrogen) atoms. The number of imide groups is 1. The van der Waals surface area contributed by atoms with Crippen LogP contribution in [0.2, 0.25) is 0 Å². The number of aryl methyl sites for hydroxylation is 2. The topological polar surface area (TPSA) is 105 Å². The molecule has 1 spiro atoms. The molecule has 1 saturated heterocycles. The predicted octanol–water partition coefficient (Wildman–Crippen LogP) is 2.92. The monoisotopic (exact) mass is 429 g/mol. The quantitative estimate of drug-likeness (QED) is 0.553. The summed E-state index contributed by atoms with van der Waals surface area (Å²) >= 11 is 0. The van der Waals surface area contributed by atoms with Crippen LogP contribution in [0.25, 0.3) is 0 Å². The highest BCUT2D eigenvalue weighted by atomic mass is 16.5. The zero-order valence-electron chi connectivity index (χ0n) is 18.8. The van der Waals surface area contributed by atoms with Crippen LogP contribution in [0, 0.1) is 25.2 Å². The maximum atomic E-state index is 13.1. The summed E-state index contributed by atoms with van der Waals surface area (Å²) in [5, 5.41) is 5.49. The number of carbonyl (C=O) groups excluding carboxylic acids is 4. The Morgan fingerprint density at radius 3 is 2.42 bits per heavy atom. The molecule has 0 radical (unpaired) electrons. The highest BCUT2D eigenvalue weighted by molar-refractivity contribution is 6.09. The summed E-state index contributed by atoms with van der Waals surface area (Å²) in [6.45, 7) is 9.05. The minimum atomic E-state index is -0.973. The Balaban J connectivity index is 1.56. The van der Waals surface area contributed by atoms with Crippen LogP contribution < -0.4 is 10.6 Å². The molecule has 2 atom stereocenters. The molecule has 2 fully saturated rings. The molecule has 4 amide bonds. The molecule has 168 valence electrons. The molecule has 1 aliphatic heterocycles. The lowest BCUT2D eigenvalue weighted by Gasteiger charge is -2.43. The van der Waals surface area contributed by atoms with Gasteiger partial charge in [-0.3, -0.25) is 19.3 Å². The molecule has 8 nitrogen and oxygen atoms in total. The summed E-state index contributed by atoms with van der Waals surface area (Å²) in [6, 6.07) is 5.01. The van der Waals surface area contributed by atoms with Gasteiger partial charge >= 0.3 is 12.0 Å². The highest BCUT2D eigenvalue weighted by Gasteiger charge is 2.56. The van der Waals surface area contributed by atoms with E-state index in [2.05, 4.69) is 31.4 Å². The number of nitrogens with one attached hydrogen (secondary N) is 2. The molecule has 1 saturated carbocycles. The second-order valence-electron chi connectivity index (χ2n) is 9.84. The van der Waals surface area contributed by atoms with E-state index in [1.165, 1.54) is 0 Å². The number of carbonyl (C=O) groups is 4. The van der Waals surface area contributed by atoms with Crippen LogP contribution in [-0.2, 0) is 19.1 Å². The number of ether oxygens (including phenoxy) is 1. The number of rotatable bonds is 5. The molecule has 8 heteroatoms. The van der Waals surface area contributed by atoms with Crippen LogP contribution in [-0.4, -0.2) is 47.4 Å². The number of urea groups is 1. The number of hydrogen-bond donors (Lipinski definition) is 2. The van der Waals surface area contributed by atoms with E-state index in [0.29, 0.717) is 18.5 Å². The largest absolute Gasteiger partial charge is 0.454 e. The van der Waals surface area contributed by atoms with Gasteiger partial charge in [0.1, 0.15) is 12.1 Å². The SMILES string of the molecule is Cc1cc(C)cc(NC(=O)COC(=O)CN2C(=O)N[C@@]3(C[C@H](C)CC(C)(C)C3)C2=O)c1. The van der Waals surface area contributed by atoms with Crippen molar-refractivity contribution < 1.29 is 23.9 Å². The molecule has 0 aromatic heterocycles. The van der Waals surface area contributed by atoms with Crippen molar-refractivity contribution in [3.8, 4) is 0 Å². The maximum absolute atomic E-state index is 13.1. The second kappa shape index (κ2) is 8.32. The van der Waals surface area contributed by atoms with Crippen molar-refractivity contribution >= 4 is 29.5 Å². The van der Waals surface area contributed by atoms with Crippen LogP contribution in [0.5, 0.6) is 0 Å². The molecule has 1 aromatic carbocycles. The molecule has 3 rings (SSSR count). The number of esters is 1. The lowest BCUT2D eigenvalue weighted by atomic mass is 9.64. The Hall–Kier alpha value is -2.90. The number of nitrogens with zero attached hydrogens (tertiary/aromatic N) is 1. The normalized spacial score (nSPS) is 24.8. The molecule has 1 aromatic rings. The van der Waals surface area contributed by atoms with Crippen molar-refractivity contribution in [1.29, 1.82) is 0 Å². The van der Waals surface area contributed by atoms with Gasteiger partial charge in [-0.05, 0) is 67.7 Å². The summed E-state index contributed by atoms with van der Waals surface area (Å²) in [5.74, 6) is -1.42. The van der Waals surface area contributed by atoms with E-state index >= 15 is 0 Å². The molecule has 2 aliphatic rings. The molecule has 2 N–H and O–H groups in total. The second-order valence-corrected chi connectivity index (χ2v) is 9.84. The number of hydrogen-bond acceptors (Lipinski definition) is 5. The van der Waals surface area contributed by atoms with Crippen molar-refractivity contribution in [3.05, 3.63) is 29.3 Å². The van der Waals surface area contributed by atoms with E-state index in [1.54, 1.807) is 0 Å². The van der Waals surface area contributed by atoms with Gasteiger partial charge in [0, 0.05) is 5.69 Å². The van der Waals surface area contributed by atoms with Gasteiger partial charge in [-0.2, -0.15) is 0 Å². The third-order valence-corrected chi connectivity index (χ3v) is 5.78. The Kier molecular flexibility index (Phi) is 6.11. The standard InChI is InChI=1S/C23H31N3O5/c1-14-6-15(2)8-17(7-14)24-18(27)12-31-19(28)11-26-20(29)23(25-21(26)30)10-16(3)9-22(4,5)13-23/h6-8,16H,9-13H2,1-5H3,(H,24,27)(H,25,30)/t16-,23-/m1/s1. The summed E-state index contributed by atoms with van der Waals surface area (Å²) in [5.41, 5.74) is 1.55. The van der Waals surface area contributed by atoms with Crippen molar-refractivity contribution in [1.82, 2.24) is 10.2 Å². The Bertz CT molecular complexity index is 906. The lowest BCUT2D eigenvalue weighted by Crippen LogP contribution is -2.54. The third kappa shape index (κ3) is 5.24. The van der Waals surface area contributed by atoms with Crippen molar-refractivity contribution in [2.75, 3.05) is 18.5 Å². The van der Waals surface area contributed by atoms with E-state index in [9.17, 15) is 19.2 Å². The summed E-state index contributed by atoms with van der Waals surface area (Å²) < 4.78 is 5.01. The fraction of sp³-hybridized carbons (Fsp3) is 0.565. The first kappa shape index (κ1) is 22.8. The maximum Gasteiger partial charge on any atom is 0.326 e. The smallest absolute Gasteiger partial charge is 0.326 e.